The first kappa shape index (κ1) is 24.4. The number of hydroxylamine groups is 2. The van der Waals surface area contributed by atoms with E-state index in [1.165, 1.54) is 10.8 Å². The molecule has 12 heteroatoms. The van der Waals surface area contributed by atoms with Crippen LogP contribution in [0, 0.1) is 11.3 Å². The Morgan fingerprint density at radius 3 is 2.79 bits per heavy atom. The molecule has 2 aliphatic heterocycles. The minimum atomic E-state index is -1.34. The van der Waals surface area contributed by atoms with Crippen molar-refractivity contribution in [3.63, 3.8) is 0 Å². The number of nitrogens with zero attached hydrogens (tertiary/aromatic N) is 4. The molecule has 0 aliphatic carbocycles. The normalized spacial score (nSPS) is 26.8. The molecular weight excluding hydrogens is 461 g/mol. The van der Waals surface area contributed by atoms with E-state index >= 15 is 0 Å². The fourth-order valence-electron chi connectivity index (χ4n) is 4.35. The van der Waals surface area contributed by atoms with Gasteiger partial charge in [-0.15, -0.1) is 0 Å². The minimum Gasteiger partial charge on any atom is -0.345 e. The van der Waals surface area contributed by atoms with Crippen LogP contribution in [0.25, 0.3) is 0 Å². The van der Waals surface area contributed by atoms with Gasteiger partial charge in [0.15, 0.2) is 14.6 Å². The molecule has 1 aromatic heterocycles. The van der Waals surface area contributed by atoms with Gasteiger partial charge in [0.1, 0.15) is 30.2 Å². The summed E-state index contributed by atoms with van der Waals surface area (Å²) in [6.07, 6.45) is 0.981. The SMILES string of the molecule is CC[C@]12CN(OC)[C@H]([C@H](n3ccc(NC(=O)c4ccccc4)nc3=O)O1)[C@H]2OP(C)OCC#N. The zero-order valence-electron chi connectivity index (χ0n) is 19.1. The summed E-state index contributed by atoms with van der Waals surface area (Å²) < 4.78 is 19.4. The zero-order chi connectivity index (χ0) is 24.3. The average molecular weight is 487 g/mol. The molecule has 5 atom stereocenters. The Morgan fingerprint density at radius 1 is 1.38 bits per heavy atom. The van der Waals surface area contributed by atoms with Crippen LogP contribution in [0.4, 0.5) is 5.82 Å². The summed E-state index contributed by atoms with van der Waals surface area (Å²) in [5.41, 5.74) is -0.846. The number of ether oxygens (including phenoxy) is 1. The van der Waals surface area contributed by atoms with E-state index in [0.29, 0.717) is 18.5 Å². The summed E-state index contributed by atoms with van der Waals surface area (Å²) >= 11 is 0. The second-order valence-electron chi connectivity index (χ2n) is 7.90. The largest absolute Gasteiger partial charge is 0.351 e. The summed E-state index contributed by atoms with van der Waals surface area (Å²) in [5.74, 6) is -0.221. The second kappa shape index (κ2) is 10.3. The van der Waals surface area contributed by atoms with Crippen molar-refractivity contribution in [3.05, 3.63) is 58.6 Å². The molecule has 1 N–H and O–H groups in total. The Labute approximate surface area is 198 Å². The van der Waals surface area contributed by atoms with Crippen molar-refractivity contribution in [2.24, 2.45) is 0 Å². The highest BCUT2D eigenvalue weighted by Crippen LogP contribution is 2.53. The van der Waals surface area contributed by atoms with E-state index < -0.39 is 38.0 Å². The number of nitriles is 1. The van der Waals surface area contributed by atoms with Gasteiger partial charge < -0.3 is 23.9 Å². The number of fused-ring (bicyclic) bond motifs is 2. The minimum absolute atomic E-state index is 0.0729. The quantitative estimate of drug-likeness (QED) is 0.530. The standard InChI is InChI=1S/C22H26N5O6P/c1-4-22-14-27(30-2)17(18(22)33-34(3)31-13-11-23)20(32-22)26-12-10-16(25-21(26)29)24-19(28)15-8-6-5-7-9-15/h5-10,12,17-18,20H,4,13-14H2,1-3H3,(H,24,25,28,29)/t17-,18+,20+,22+,34?/m0/s1. The Hall–Kier alpha value is -2.71. The molecule has 0 spiro atoms. The molecule has 2 saturated heterocycles. The maximum Gasteiger partial charge on any atom is 0.351 e. The van der Waals surface area contributed by atoms with E-state index in [1.807, 2.05) is 19.1 Å². The van der Waals surface area contributed by atoms with Crippen molar-refractivity contribution >= 4 is 20.1 Å². The zero-order valence-corrected chi connectivity index (χ0v) is 20.0. The highest BCUT2D eigenvalue weighted by atomic mass is 31.2. The number of aromatic nitrogens is 2. The maximum absolute atomic E-state index is 12.9. The maximum atomic E-state index is 12.9. The summed E-state index contributed by atoms with van der Waals surface area (Å²) in [6, 6.07) is 11.7. The summed E-state index contributed by atoms with van der Waals surface area (Å²) in [6.45, 7) is 4.14. The van der Waals surface area contributed by atoms with E-state index in [9.17, 15) is 9.59 Å². The Bertz CT molecular complexity index is 1120. The monoisotopic (exact) mass is 487 g/mol. The van der Waals surface area contributed by atoms with Crippen LogP contribution in [0.2, 0.25) is 0 Å². The molecule has 3 heterocycles. The number of morpholine rings is 1. The van der Waals surface area contributed by atoms with Gasteiger partial charge in [-0.05, 0) is 24.6 Å². The number of carbonyl (C=O) groups is 1. The number of rotatable bonds is 9. The van der Waals surface area contributed by atoms with Crippen molar-refractivity contribution in [1.29, 1.82) is 5.26 Å². The number of benzene rings is 1. The third-order valence-electron chi connectivity index (χ3n) is 6.02. The van der Waals surface area contributed by atoms with E-state index in [4.69, 9.17) is 23.9 Å². The van der Waals surface area contributed by atoms with Crippen molar-refractivity contribution in [2.45, 2.75) is 37.3 Å². The molecule has 4 rings (SSSR count). The van der Waals surface area contributed by atoms with Gasteiger partial charge in [-0.25, -0.2) is 4.79 Å². The van der Waals surface area contributed by atoms with Crippen LogP contribution in [-0.4, -0.2) is 65.2 Å². The van der Waals surface area contributed by atoms with Crippen LogP contribution in [0.3, 0.4) is 0 Å². The molecule has 1 unspecified atom stereocenters. The van der Waals surface area contributed by atoms with Crippen molar-refractivity contribution < 1.29 is 23.4 Å². The number of anilines is 1. The predicted molar refractivity (Wildman–Crippen MR) is 123 cm³/mol. The van der Waals surface area contributed by atoms with Gasteiger partial charge in [-0.3, -0.25) is 9.36 Å². The lowest BCUT2D eigenvalue weighted by atomic mass is 9.96. The van der Waals surface area contributed by atoms with Gasteiger partial charge in [0.05, 0.1) is 19.7 Å². The van der Waals surface area contributed by atoms with E-state index in [0.717, 1.165) is 0 Å². The summed E-state index contributed by atoms with van der Waals surface area (Å²) in [5, 5.41) is 13.2. The smallest absolute Gasteiger partial charge is 0.345 e. The highest BCUT2D eigenvalue weighted by Gasteiger charge is 2.65. The first-order chi connectivity index (χ1) is 16.4. The van der Waals surface area contributed by atoms with Gasteiger partial charge in [0.2, 0.25) is 0 Å². The lowest BCUT2D eigenvalue weighted by Gasteiger charge is -2.35. The molecule has 180 valence electrons. The van der Waals surface area contributed by atoms with Crippen molar-refractivity contribution in [1.82, 2.24) is 14.6 Å². The van der Waals surface area contributed by atoms with Gasteiger partial charge >= 0.3 is 5.69 Å². The number of carbonyl (C=O) groups excluding carboxylic acids is 1. The molecule has 2 fully saturated rings. The molecule has 2 aromatic rings. The van der Waals surface area contributed by atoms with Gasteiger partial charge in [-0.1, -0.05) is 25.1 Å². The third-order valence-corrected chi connectivity index (χ3v) is 7.04. The van der Waals surface area contributed by atoms with Crippen molar-refractivity contribution in [2.75, 3.05) is 32.2 Å². The topological polar surface area (TPSA) is 128 Å². The Morgan fingerprint density at radius 2 is 2.15 bits per heavy atom. The Kier molecular flexibility index (Phi) is 7.38. The summed E-state index contributed by atoms with van der Waals surface area (Å²) in [4.78, 5) is 35.0. The van der Waals surface area contributed by atoms with E-state index in [-0.39, 0.29) is 18.3 Å². The van der Waals surface area contributed by atoms with Crippen LogP contribution in [-0.2, 0) is 18.6 Å². The molecule has 0 radical (unpaired) electrons. The van der Waals surface area contributed by atoms with Gasteiger partial charge in [0.25, 0.3) is 5.91 Å². The second-order valence-corrected chi connectivity index (χ2v) is 9.24. The molecule has 0 saturated carbocycles. The fourth-order valence-corrected chi connectivity index (χ4v) is 5.29. The van der Waals surface area contributed by atoms with Crippen LogP contribution < -0.4 is 11.0 Å². The van der Waals surface area contributed by atoms with E-state index in [2.05, 4.69) is 10.3 Å². The average Bonchev–Trinajstić information content (AvgIpc) is 3.32. The number of amides is 1. The molecule has 2 bridgehead atoms. The molecule has 1 aromatic carbocycles. The first-order valence-electron chi connectivity index (χ1n) is 10.8. The van der Waals surface area contributed by atoms with Crippen LogP contribution in [0.1, 0.15) is 29.9 Å². The molecule has 1 amide bonds. The number of nitrogens with one attached hydrogen (secondary N) is 1. The predicted octanol–water partition coefficient (Wildman–Crippen LogP) is 2.29. The Balaban J connectivity index is 1.57. The van der Waals surface area contributed by atoms with E-state index in [1.54, 1.807) is 49.2 Å². The van der Waals surface area contributed by atoms with Crippen molar-refractivity contribution in [3.8, 4) is 6.07 Å². The molecule has 11 nitrogen and oxygen atoms in total. The van der Waals surface area contributed by atoms with Crippen LogP contribution >= 0.6 is 8.38 Å². The molecule has 2 aliphatic rings. The van der Waals surface area contributed by atoms with Gasteiger partial charge in [-0.2, -0.15) is 15.3 Å². The number of hydrogen-bond donors (Lipinski definition) is 1. The van der Waals surface area contributed by atoms with Gasteiger partial charge in [0, 0.05) is 18.4 Å². The highest BCUT2D eigenvalue weighted by molar-refractivity contribution is 7.46. The summed E-state index contributed by atoms with van der Waals surface area (Å²) in [7, 11) is 0.217. The van der Waals surface area contributed by atoms with Crippen LogP contribution in [0.5, 0.6) is 0 Å². The van der Waals surface area contributed by atoms with Crippen LogP contribution in [0.15, 0.2) is 47.4 Å². The number of hydrogen-bond acceptors (Lipinski definition) is 9. The lowest BCUT2D eigenvalue weighted by molar-refractivity contribution is -0.235. The first-order valence-corrected chi connectivity index (χ1v) is 12.4. The fraction of sp³-hybridized carbons (Fsp3) is 0.455. The molecular formula is C22H26N5O6P. The lowest BCUT2D eigenvalue weighted by Crippen LogP contribution is -2.47. The molecule has 34 heavy (non-hydrogen) atoms. The third kappa shape index (κ3) is 4.61.